The molecule has 1 atom stereocenters. The number of hydrogen-bond acceptors (Lipinski definition) is 2. The first-order valence-corrected chi connectivity index (χ1v) is 8.31. The van der Waals surface area contributed by atoms with Crippen molar-refractivity contribution in [2.24, 2.45) is 0 Å². The highest BCUT2D eigenvalue weighted by atomic mass is 19.1. The molecule has 0 bridgehead atoms. The number of fused-ring (bicyclic) bond motifs is 6. The summed E-state index contributed by atoms with van der Waals surface area (Å²) in [4.78, 5) is 4.58. The molecule has 5 rings (SSSR count). The lowest BCUT2D eigenvalue weighted by Gasteiger charge is -2.39. The summed E-state index contributed by atoms with van der Waals surface area (Å²) < 4.78 is 14.4. The van der Waals surface area contributed by atoms with E-state index in [1.165, 1.54) is 22.4 Å². The molecule has 0 aromatic heterocycles. The van der Waals surface area contributed by atoms with E-state index in [0.717, 1.165) is 13.1 Å². The van der Waals surface area contributed by atoms with Gasteiger partial charge >= 0.3 is 0 Å². The number of para-hydroxylation sites is 2. The Kier molecular flexibility index (Phi) is 2.89. The minimum atomic E-state index is -0.157. The van der Waals surface area contributed by atoms with Gasteiger partial charge in [0, 0.05) is 29.9 Å². The van der Waals surface area contributed by atoms with Crippen LogP contribution in [0.3, 0.4) is 0 Å². The van der Waals surface area contributed by atoms with Gasteiger partial charge in [0.15, 0.2) is 0 Å². The molecule has 0 N–H and O–H groups in total. The zero-order chi connectivity index (χ0) is 16.1. The maximum Gasteiger partial charge on any atom is 0.146 e. The summed E-state index contributed by atoms with van der Waals surface area (Å²) in [5.74, 6) is -0.157. The Bertz CT molecular complexity index is 921. The Labute approximate surface area is 140 Å². The first-order chi connectivity index (χ1) is 11.8. The van der Waals surface area contributed by atoms with Gasteiger partial charge in [-0.05, 0) is 23.8 Å². The molecule has 1 saturated heterocycles. The van der Waals surface area contributed by atoms with Crippen LogP contribution in [0.5, 0.6) is 0 Å². The normalized spacial score (nSPS) is 18.1. The topological polar surface area (TPSA) is 6.48 Å². The number of anilines is 2. The van der Waals surface area contributed by atoms with Crippen LogP contribution in [0.2, 0.25) is 0 Å². The maximum absolute atomic E-state index is 14.4. The van der Waals surface area contributed by atoms with Crippen LogP contribution in [0.4, 0.5) is 15.8 Å². The lowest BCUT2D eigenvalue weighted by atomic mass is 9.91. The Morgan fingerprint density at radius 3 is 2.04 bits per heavy atom. The largest absolute Gasteiger partial charge is 0.345 e. The highest BCUT2D eigenvalue weighted by molar-refractivity contribution is 5.86. The van der Waals surface area contributed by atoms with Crippen LogP contribution in [0.15, 0.2) is 72.8 Å². The summed E-state index contributed by atoms with van der Waals surface area (Å²) in [5.41, 5.74) is 5.67. The summed E-state index contributed by atoms with van der Waals surface area (Å²) in [6, 6.07) is 24.1. The monoisotopic (exact) mass is 316 g/mol. The van der Waals surface area contributed by atoms with Gasteiger partial charge in [0.1, 0.15) is 12.0 Å². The predicted molar refractivity (Wildman–Crippen MR) is 95.7 cm³/mol. The fraction of sp³-hybridized carbons (Fsp3) is 0.143. The van der Waals surface area contributed by atoms with Crippen LogP contribution in [0.25, 0.3) is 11.1 Å². The number of halogens is 1. The van der Waals surface area contributed by atoms with Crippen LogP contribution in [0, 0.1) is 5.82 Å². The van der Waals surface area contributed by atoms with Crippen LogP contribution in [-0.4, -0.2) is 13.1 Å². The second-order valence-electron chi connectivity index (χ2n) is 6.32. The van der Waals surface area contributed by atoms with Crippen LogP contribution < -0.4 is 9.80 Å². The molecule has 2 nitrogen and oxygen atoms in total. The van der Waals surface area contributed by atoms with Gasteiger partial charge in [-0.25, -0.2) is 4.39 Å². The smallest absolute Gasteiger partial charge is 0.146 e. The predicted octanol–water partition coefficient (Wildman–Crippen LogP) is 4.83. The molecule has 2 aliphatic rings. The fourth-order valence-electron chi connectivity index (χ4n) is 4.07. The Hall–Kier alpha value is -2.81. The molecule has 0 aliphatic carbocycles. The Morgan fingerprint density at radius 2 is 1.25 bits per heavy atom. The molecule has 3 aromatic rings. The van der Waals surface area contributed by atoms with Crippen molar-refractivity contribution in [3.05, 3.63) is 84.2 Å². The van der Waals surface area contributed by atoms with E-state index in [9.17, 15) is 4.39 Å². The molecule has 1 fully saturated rings. The van der Waals surface area contributed by atoms with E-state index in [0.29, 0.717) is 5.69 Å². The summed E-state index contributed by atoms with van der Waals surface area (Å²) in [6.45, 7) is 1.71. The van der Waals surface area contributed by atoms with Gasteiger partial charge in [-0.3, -0.25) is 0 Å². The van der Waals surface area contributed by atoms with Gasteiger partial charge in [0.05, 0.1) is 5.69 Å². The van der Waals surface area contributed by atoms with Crippen LogP contribution in [-0.2, 0) is 0 Å². The van der Waals surface area contributed by atoms with Gasteiger partial charge in [-0.15, -0.1) is 0 Å². The second-order valence-corrected chi connectivity index (χ2v) is 6.32. The van der Waals surface area contributed by atoms with Crippen molar-refractivity contribution in [2.75, 3.05) is 22.9 Å². The minimum absolute atomic E-state index is 0.0491. The third-order valence-electron chi connectivity index (χ3n) is 5.08. The average molecular weight is 316 g/mol. The minimum Gasteiger partial charge on any atom is -0.345 e. The van der Waals surface area contributed by atoms with E-state index in [4.69, 9.17) is 0 Å². The van der Waals surface area contributed by atoms with Gasteiger partial charge in [-0.2, -0.15) is 0 Å². The van der Waals surface area contributed by atoms with E-state index < -0.39 is 0 Å². The van der Waals surface area contributed by atoms with E-state index in [2.05, 4.69) is 58.3 Å². The van der Waals surface area contributed by atoms with Crippen LogP contribution >= 0.6 is 0 Å². The highest BCUT2D eigenvalue weighted by Gasteiger charge is 2.39. The molecule has 0 saturated carbocycles. The molecule has 0 radical (unpaired) electrons. The van der Waals surface area contributed by atoms with Crippen molar-refractivity contribution < 1.29 is 4.39 Å². The third kappa shape index (κ3) is 1.81. The molecule has 3 heteroatoms. The Morgan fingerprint density at radius 1 is 0.667 bits per heavy atom. The van der Waals surface area contributed by atoms with Crippen molar-refractivity contribution in [1.82, 2.24) is 0 Å². The SMILES string of the molecule is Fc1ccccc1N1CCN2c3ccccc3-c3ccccc3C12. The van der Waals surface area contributed by atoms with Crippen molar-refractivity contribution in [3.63, 3.8) is 0 Å². The summed E-state index contributed by atoms with van der Waals surface area (Å²) in [7, 11) is 0. The highest BCUT2D eigenvalue weighted by Crippen LogP contribution is 2.49. The summed E-state index contributed by atoms with van der Waals surface area (Å²) in [5, 5.41) is 0. The quantitative estimate of drug-likeness (QED) is 0.634. The molecule has 0 amide bonds. The molecule has 118 valence electrons. The maximum atomic E-state index is 14.4. The van der Waals surface area contributed by atoms with Gasteiger partial charge < -0.3 is 9.80 Å². The third-order valence-corrected chi connectivity index (χ3v) is 5.08. The molecular weight excluding hydrogens is 299 g/mol. The molecule has 1 unspecified atom stereocenters. The molecule has 2 heterocycles. The number of nitrogens with zero attached hydrogens (tertiary/aromatic N) is 2. The van der Waals surface area contributed by atoms with Crippen molar-refractivity contribution in [3.8, 4) is 11.1 Å². The standard InChI is InChI=1S/C21H17FN2/c22-18-10-4-6-12-20(18)24-14-13-23-19-11-5-3-8-16(19)15-7-1-2-9-17(15)21(23)24/h1-12,21H,13-14H2. The lowest BCUT2D eigenvalue weighted by molar-refractivity contribution is 0.610. The number of hydrogen-bond donors (Lipinski definition) is 0. The zero-order valence-electron chi connectivity index (χ0n) is 13.2. The van der Waals surface area contributed by atoms with Gasteiger partial charge in [0.25, 0.3) is 0 Å². The molecule has 3 aromatic carbocycles. The Balaban J connectivity index is 1.72. The van der Waals surface area contributed by atoms with Crippen molar-refractivity contribution in [2.45, 2.75) is 6.17 Å². The van der Waals surface area contributed by atoms with Crippen LogP contribution in [0.1, 0.15) is 11.7 Å². The first-order valence-electron chi connectivity index (χ1n) is 8.31. The zero-order valence-corrected chi connectivity index (χ0v) is 13.2. The van der Waals surface area contributed by atoms with E-state index in [1.807, 2.05) is 12.1 Å². The average Bonchev–Trinajstić information content (AvgIpc) is 3.08. The summed E-state index contributed by atoms with van der Waals surface area (Å²) >= 11 is 0. The fourth-order valence-corrected chi connectivity index (χ4v) is 4.07. The summed E-state index contributed by atoms with van der Waals surface area (Å²) in [6.07, 6.45) is 0.0491. The van der Waals surface area contributed by atoms with Crippen molar-refractivity contribution >= 4 is 11.4 Å². The molecule has 0 spiro atoms. The second kappa shape index (κ2) is 5.10. The molecular formula is C21H17FN2. The number of rotatable bonds is 1. The molecule has 24 heavy (non-hydrogen) atoms. The van der Waals surface area contributed by atoms with E-state index >= 15 is 0 Å². The molecule has 2 aliphatic heterocycles. The van der Waals surface area contributed by atoms with Gasteiger partial charge in [-0.1, -0.05) is 54.6 Å². The van der Waals surface area contributed by atoms with Crippen molar-refractivity contribution in [1.29, 1.82) is 0 Å². The lowest BCUT2D eigenvalue weighted by Crippen LogP contribution is -2.34. The van der Waals surface area contributed by atoms with E-state index in [-0.39, 0.29) is 12.0 Å². The van der Waals surface area contributed by atoms with E-state index in [1.54, 1.807) is 12.1 Å². The number of benzene rings is 3. The van der Waals surface area contributed by atoms with Gasteiger partial charge in [0.2, 0.25) is 0 Å². The first kappa shape index (κ1) is 13.6.